The Morgan fingerprint density at radius 3 is 2.21 bits per heavy atom. The predicted octanol–water partition coefficient (Wildman–Crippen LogP) is 7.25. The first-order chi connectivity index (χ1) is 31.8. The predicted molar refractivity (Wildman–Crippen MR) is 255 cm³/mol. The van der Waals surface area contributed by atoms with Crippen LogP contribution in [0, 0.1) is 18.7 Å². The summed E-state index contributed by atoms with van der Waals surface area (Å²) in [5, 5.41) is 8.20. The molecule has 8 rings (SSSR count). The number of piperazine rings is 1. The summed E-state index contributed by atoms with van der Waals surface area (Å²) in [6, 6.07) is 12.3. The molecule has 4 amide bonds. The van der Waals surface area contributed by atoms with Gasteiger partial charge in [0.2, 0.25) is 17.8 Å². The maximum absolute atomic E-state index is 15.8. The van der Waals surface area contributed by atoms with Crippen molar-refractivity contribution in [2.75, 3.05) is 53.2 Å². The third kappa shape index (κ3) is 9.65. The molecule has 356 valence electrons. The van der Waals surface area contributed by atoms with E-state index >= 15 is 4.39 Å². The number of nitrogens with zero attached hydrogens (tertiary/aromatic N) is 6. The summed E-state index contributed by atoms with van der Waals surface area (Å²) in [6.45, 7) is 17.1. The highest BCUT2D eigenvalue weighted by atomic mass is 35.5. The average molecular weight is 959 g/mol. The summed E-state index contributed by atoms with van der Waals surface area (Å²) in [5.74, 6) is -1.63. The number of rotatable bonds is 13. The van der Waals surface area contributed by atoms with Gasteiger partial charge in [-0.15, -0.1) is 0 Å². The van der Waals surface area contributed by atoms with Crippen LogP contribution in [-0.4, -0.2) is 114 Å². The fraction of sp³-hybridized carbons (Fsp3) is 0.458. The third-order valence-corrected chi connectivity index (χ3v) is 15.6. The third-order valence-electron chi connectivity index (χ3n) is 13.1. The summed E-state index contributed by atoms with van der Waals surface area (Å²) >= 11 is 6.53. The summed E-state index contributed by atoms with van der Waals surface area (Å²) < 4.78 is 48.4. The molecule has 67 heavy (non-hydrogen) atoms. The number of sulfone groups is 1. The number of imide groups is 2. The van der Waals surface area contributed by atoms with Gasteiger partial charge in [0.05, 0.1) is 50.6 Å². The van der Waals surface area contributed by atoms with E-state index in [9.17, 15) is 27.6 Å². The molecule has 3 saturated heterocycles. The number of para-hydroxylation sites is 1. The number of anilines is 6. The molecule has 3 atom stereocenters. The number of ether oxygens (including phenoxy) is 1. The van der Waals surface area contributed by atoms with Crippen LogP contribution in [-0.2, 0) is 19.4 Å². The Hall–Kier alpha value is -5.85. The highest BCUT2D eigenvalue weighted by molar-refractivity contribution is 7.92. The number of aromatic nitrogens is 2. The lowest BCUT2D eigenvalue weighted by Crippen LogP contribution is -2.58. The smallest absolute Gasteiger partial charge is 0.262 e. The highest BCUT2D eigenvalue weighted by Gasteiger charge is 2.46. The van der Waals surface area contributed by atoms with Crippen LogP contribution in [0.4, 0.5) is 38.9 Å². The minimum atomic E-state index is -3.60. The number of hydrogen-bond acceptors (Lipinski definition) is 14. The summed E-state index contributed by atoms with van der Waals surface area (Å²) in [6.07, 6.45) is 3.29. The standard InChI is InChI=1S/C48H57ClFN9O7S/c1-26(2)66-41-21-39(28(5)18-37(41)53-48-51-22-34(49)44(55-48)52-36-10-8-9-11-42(36)67(64,65)27(3)4)56-16-14-31(15-17-56)25-58-29(6)23-57(24-30(58)7)40-20-33-32(19-35(40)50)46(62)59(47(33)63)38-12-13-43(60)54-45(38)61/h8-11,18-22,26-27,29-31,38H,12-17,23-25H2,1-7H3,(H,54,60,61)(H2,51,52,53,55). The Labute approximate surface area is 395 Å². The zero-order valence-electron chi connectivity index (χ0n) is 38.7. The van der Waals surface area contributed by atoms with Gasteiger partial charge in [-0.05, 0) is 110 Å². The first-order valence-electron chi connectivity index (χ1n) is 22.8. The van der Waals surface area contributed by atoms with Crippen molar-refractivity contribution in [1.29, 1.82) is 0 Å². The molecule has 19 heteroatoms. The van der Waals surface area contributed by atoms with E-state index in [1.54, 1.807) is 38.1 Å². The van der Waals surface area contributed by atoms with Crippen LogP contribution in [0.15, 0.2) is 59.6 Å². The molecule has 4 aliphatic heterocycles. The van der Waals surface area contributed by atoms with Gasteiger partial charge in [0.25, 0.3) is 11.8 Å². The van der Waals surface area contributed by atoms with Crippen molar-refractivity contribution in [3.05, 3.63) is 82.3 Å². The van der Waals surface area contributed by atoms with Crippen LogP contribution in [0.5, 0.6) is 5.75 Å². The maximum atomic E-state index is 15.8. The monoisotopic (exact) mass is 957 g/mol. The minimum absolute atomic E-state index is 0.00333. The Morgan fingerprint density at radius 1 is 0.881 bits per heavy atom. The number of piperidine rings is 2. The molecule has 4 aromatic rings. The lowest BCUT2D eigenvalue weighted by atomic mass is 9.93. The van der Waals surface area contributed by atoms with Gasteiger partial charge in [0.1, 0.15) is 22.6 Å². The molecule has 0 radical (unpaired) electrons. The highest BCUT2D eigenvalue weighted by Crippen LogP contribution is 2.39. The van der Waals surface area contributed by atoms with Crippen molar-refractivity contribution in [3.8, 4) is 5.75 Å². The fourth-order valence-electron chi connectivity index (χ4n) is 9.59. The van der Waals surface area contributed by atoms with E-state index in [-0.39, 0.29) is 69.5 Å². The lowest BCUT2D eigenvalue weighted by Gasteiger charge is -2.47. The number of hydrogen-bond donors (Lipinski definition) is 3. The van der Waals surface area contributed by atoms with Gasteiger partial charge >= 0.3 is 0 Å². The Balaban J connectivity index is 0.909. The molecular formula is C48H57ClFN9O7S. The van der Waals surface area contributed by atoms with E-state index in [0.717, 1.165) is 54.7 Å². The minimum Gasteiger partial charge on any atom is -0.489 e. The number of fused-ring (bicyclic) bond motifs is 1. The molecule has 3 aromatic carbocycles. The van der Waals surface area contributed by atoms with Crippen LogP contribution < -0.4 is 30.5 Å². The molecule has 0 spiro atoms. The molecular weight excluding hydrogens is 901 g/mol. The average Bonchev–Trinajstić information content (AvgIpc) is 3.51. The molecule has 5 heterocycles. The molecule has 1 aromatic heterocycles. The first-order valence-corrected chi connectivity index (χ1v) is 24.7. The van der Waals surface area contributed by atoms with E-state index in [2.05, 4.69) is 62.6 Å². The SMILES string of the molecule is Cc1cc(Nc2ncc(Cl)c(Nc3ccccc3S(=O)(=O)C(C)C)n2)c(OC(C)C)cc1N1CCC(CN2C(C)CN(c3cc4c(cc3F)C(=O)N(C3CCC(=O)NC3=O)C4=O)CC2C)CC1. The van der Waals surface area contributed by atoms with Crippen LogP contribution in [0.25, 0.3) is 0 Å². The topological polar surface area (TPSA) is 186 Å². The first kappa shape index (κ1) is 47.6. The number of carbonyl (C=O) groups is 4. The van der Waals surface area contributed by atoms with Gasteiger partial charge < -0.3 is 25.2 Å². The molecule has 4 aliphatic rings. The number of benzene rings is 3. The van der Waals surface area contributed by atoms with E-state index in [4.69, 9.17) is 16.3 Å². The Morgan fingerprint density at radius 2 is 1.55 bits per heavy atom. The zero-order valence-corrected chi connectivity index (χ0v) is 40.3. The quantitative estimate of drug-likeness (QED) is 0.114. The van der Waals surface area contributed by atoms with Gasteiger partial charge in [-0.2, -0.15) is 4.98 Å². The van der Waals surface area contributed by atoms with Gasteiger partial charge in [0, 0.05) is 63.0 Å². The van der Waals surface area contributed by atoms with E-state index < -0.39 is 50.6 Å². The second-order valence-corrected chi connectivity index (χ2v) is 21.4. The molecule has 0 aliphatic carbocycles. The number of amides is 4. The van der Waals surface area contributed by atoms with Crippen molar-refractivity contribution in [3.63, 3.8) is 0 Å². The lowest BCUT2D eigenvalue weighted by molar-refractivity contribution is -0.136. The van der Waals surface area contributed by atoms with Gasteiger partial charge in [-0.3, -0.25) is 34.3 Å². The largest absolute Gasteiger partial charge is 0.489 e. The van der Waals surface area contributed by atoms with Crippen molar-refractivity contribution >= 4 is 79.6 Å². The van der Waals surface area contributed by atoms with Gasteiger partial charge in [-0.1, -0.05) is 23.7 Å². The van der Waals surface area contributed by atoms with Gasteiger partial charge in [-0.25, -0.2) is 17.8 Å². The van der Waals surface area contributed by atoms with E-state index in [1.165, 1.54) is 12.3 Å². The summed E-state index contributed by atoms with van der Waals surface area (Å²) in [5.41, 5.74) is 3.34. The van der Waals surface area contributed by atoms with Gasteiger partial charge in [0.15, 0.2) is 15.7 Å². The van der Waals surface area contributed by atoms with Crippen LogP contribution >= 0.6 is 11.6 Å². The molecule has 0 saturated carbocycles. The number of nitrogens with one attached hydrogen (secondary N) is 3. The van der Waals surface area contributed by atoms with E-state index in [1.807, 2.05) is 24.8 Å². The maximum Gasteiger partial charge on any atom is 0.262 e. The molecule has 3 fully saturated rings. The van der Waals surface area contributed by atoms with Crippen molar-refractivity contribution in [1.82, 2.24) is 25.1 Å². The summed E-state index contributed by atoms with van der Waals surface area (Å²) in [7, 11) is -3.60. The Bertz CT molecular complexity index is 2720. The number of carbonyl (C=O) groups excluding carboxylic acids is 4. The fourth-order valence-corrected chi connectivity index (χ4v) is 10.9. The second kappa shape index (κ2) is 19.0. The van der Waals surface area contributed by atoms with E-state index in [0.29, 0.717) is 36.1 Å². The second-order valence-electron chi connectivity index (χ2n) is 18.6. The summed E-state index contributed by atoms with van der Waals surface area (Å²) in [4.78, 5) is 67.9. The van der Waals surface area contributed by atoms with Crippen molar-refractivity contribution < 1.29 is 36.7 Å². The van der Waals surface area contributed by atoms with Crippen molar-refractivity contribution in [2.45, 2.75) is 109 Å². The van der Waals surface area contributed by atoms with Crippen molar-refractivity contribution in [2.24, 2.45) is 5.92 Å². The molecule has 3 unspecified atom stereocenters. The zero-order chi connectivity index (χ0) is 48.1. The normalized spacial score (nSPS) is 20.8. The molecule has 0 bridgehead atoms. The van der Waals surface area contributed by atoms with Crippen LogP contribution in [0.2, 0.25) is 5.02 Å². The number of aryl methyl sites for hydroxylation is 1. The van der Waals surface area contributed by atoms with Crippen LogP contribution in [0.1, 0.15) is 93.5 Å². The number of halogens is 2. The molecule has 16 nitrogen and oxygen atoms in total. The molecule has 3 N–H and O–H groups in total. The Kier molecular flexibility index (Phi) is 13.5. The van der Waals surface area contributed by atoms with Crippen LogP contribution in [0.3, 0.4) is 0 Å².